The summed E-state index contributed by atoms with van der Waals surface area (Å²) in [7, 11) is 0. The Kier molecular flexibility index (Phi) is 4.62. The van der Waals surface area contributed by atoms with Crippen molar-refractivity contribution in [2.45, 2.75) is 20.4 Å². The van der Waals surface area contributed by atoms with Crippen molar-refractivity contribution in [1.82, 2.24) is 0 Å². The van der Waals surface area contributed by atoms with Crippen LogP contribution >= 0.6 is 0 Å². The number of nitriles is 1. The molecule has 102 valence electrons. The molecule has 0 heterocycles. The number of nitrogens with zero attached hydrogens (tertiary/aromatic N) is 1. The Morgan fingerprint density at radius 2 is 1.90 bits per heavy atom. The molecule has 0 atom stereocenters. The highest BCUT2D eigenvalue weighted by molar-refractivity contribution is 5.47. The number of hydrogen-bond acceptors (Lipinski definition) is 3. The van der Waals surface area contributed by atoms with Crippen LogP contribution in [0.3, 0.4) is 0 Å². The summed E-state index contributed by atoms with van der Waals surface area (Å²) in [6, 6.07) is 15.8. The summed E-state index contributed by atoms with van der Waals surface area (Å²) in [6.07, 6.45) is 0. The Morgan fingerprint density at radius 1 is 1.15 bits per heavy atom. The fourth-order valence-electron chi connectivity index (χ4n) is 2.00. The monoisotopic (exact) mass is 266 g/mol. The second kappa shape index (κ2) is 6.63. The molecule has 1 N–H and O–H groups in total. The summed E-state index contributed by atoms with van der Waals surface area (Å²) in [5, 5.41) is 12.2. The zero-order valence-corrected chi connectivity index (χ0v) is 11.8. The Morgan fingerprint density at radius 3 is 2.50 bits per heavy atom. The molecule has 0 aliphatic rings. The minimum atomic E-state index is 0.678. The largest absolute Gasteiger partial charge is 0.494 e. The van der Waals surface area contributed by atoms with Gasteiger partial charge >= 0.3 is 0 Å². The van der Waals surface area contributed by atoms with Crippen LogP contribution in [0.5, 0.6) is 5.75 Å². The lowest BCUT2D eigenvalue weighted by Crippen LogP contribution is -2.01. The molecule has 0 amide bonds. The lowest BCUT2D eigenvalue weighted by molar-refractivity contribution is 0.340. The number of aryl methyl sites for hydroxylation is 1. The van der Waals surface area contributed by atoms with Gasteiger partial charge in [-0.2, -0.15) is 5.26 Å². The van der Waals surface area contributed by atoms with Gasteiger partial charge in [0.25, 0.3) is 0 Å². The molecule has 0 bridgehead atoms. The van der Waals surface area contributed by atoms with Gasteiger partial charge in [0, 0.05) is 12.2 Å². The highest BCUT2D eigenvalue weighted by atomic mass is 16.5. The Balaban J connectivity index is 2.00. The van der Waals surface area contributed by atoms with Crippen LogP contribution in [0.15, 0.2) is 42.5 Å². The minimum Gasteiger partial charge on any atom is -0.494 e. The van der Waals surface area contributed by atoms with Gasteiger partial charge in [-0.25, -0.2) is 0 Å². The van der Waals surface area contributed by atoms with Crippen molar-refractivity contribution >= 4 is 5.69 Å². The van der Waals surface area contributed by atoms with E-state index >= 15 is 0 Å². The molecule has 2 aromatic rings. The molecule has 3 heteroatoms. The van der Waals surface area contributed by atoms with E-state index < -0.39 is 0 Å². The van der Waals surface area contributed by atoms with Crippen molar-refractivity contribution < 1.29 is 4.74 Å². The molecule has 0 saturated carbocycles. The summed E-state index contributed by atoms with van der Waals surface area (Å²) in [6.45, 7) is 5.42. The summed E-state index contributed by atoms with van der Waals surface area (Å²) in [5.41, 5.74) is 4.07. The third kappa shape index (κ3) is 3.52. The Bertz CT molecular complexity index is 612. The van der Waals surface area contributed by atoms with E-state index in [1.165, 1.54) is 5.56 Å². The zero-order chi connectivity index (χ0) is 14.4. The van der Waals surface area contributed by atoms with Crippen LogP contribution in [0.1, 0.15) is 23.6 Å². The smallest absolute Gasteiger partial charge is 0.119 e. The van der Waals surface area contributed by atoms with Crippen molar-refractivity contribution in [3.05, 3.63) is 59.2 Å². The number of ether oxygens (including phenoxy) is 1. The van der Waals surface area contributed by atoms with E-state index in [0.29, 0.717) is 12.2 Å². The fraction of sp³-hybridized carbons (Fsp3) is 0.235. The molecule has 0 fully saturated rings. The van der Waals surface area contributed by atoms with Gasteiger partial charge in [0.05, 0.1) is 18.2 Å². The Hall–Kier alpha value is -2.47. The topological polar surface area (TPSA) is 45.0 Å². The molecular formula is C17H18N2O. The standard InChI is InChI=1S/C17H18N2O/c1-3-20-17-8-6-16(7-9-17)19-12-15-5-4-14(11-18)10-13(15)2/h4-10,19H,3,12H2,1-2H3. The summed E-state index contributed by atoms with van der Waals surface area (Å²) in [4.78, 5) is 0. The fourth-order valence-corrected chi connectivity index (χ4v) is 2.00. The van der Waals surface area contributed by atoms with Gasteiger partial charge in [0.15, 0.2) is 0 Å². The van der Waals surface area contributed by atoms with Crippen LogP contribution in [0.2, 0.25) is 0 Å². The molecule has 3 nitrogen and oxygen atoms in total. The molecule has 2 aromatic carbocycles. The van der Waals surface area contributed by atoms with Crippen LogP contribution in [-0.4, -0.2) is 6.61 Å². The number of benzene rings is 2. The maximum absolute atomic E-state index is 8.85. The molecule has 0 unspecified atom stereocenters. The third-order valence-electron chi connectivity index (χ3n) is 3.12. The van der Waals surface area contributed by atoms with Crippen molar-refractivity contribution in [1.29, 1.82) is 5.26 Å². The molecule has 0 aliphatic heterocycles. The number of anilines is 1. The summed E-state index contributed by atoms with van der Waals surface area (Å²) >= 11 is 0. The maximum Gasteiger partial charge on any atom is 0.119 e. The van der Waals surface area contributed by atoms with E-state index in [1.54, 1.807) is 0 Å². The molecule has 2 rings (SSSR count). The first-order valence-electron chi connectivity index (χ1n) is 6.69. The zero-order valence-electron chi connectivity index (χ0n) is 11.8. The van der Waals surface area contributed by atoms with Crippen LogP contribution in [0, 0.1) is 18.3 Å². The molecule has 20 heavy (non-hydrogen) atoms. The van der Waals surface area contributed by atoms with E-state index in [-0.39, 0.29) is 0 Å². The third-order valence-corrected chi connectivity index (χ3v) is 3.12. The number of nitrogens with one attached hydrogen (secondary N) is 1. The second-order valence-electron chi connectivity index (χ2n) is 4.56. The molecule has 0 radical (unpaired) electrons. The van der Waals surface area contributed by atoms with Gasteiger partial charge < -0.3 is 10.1 Å². The Labute approximate surface area is 119 Å². The average Bonchev–Trinajstić information content (AvgIpc) is 2.48. The van der Waals surface area contributed by atoms with Crippen LogP contribution in [0.4, 0.5) is 5.69 Å². The van der Waals surface area contributed by atoms with E-state index in [0.717, 1.165) is 23.5 Å². The highest BCUT2D eigenvalue weighted by Crippen LogP contribution is 2.17. The molecule has 0 aromatic heterocycles. The first-order chi connectivity index (χ1) is 9.72. The van der Waals surface area contributed by atoms with E-state index in [4.69, 9.17) is 10.00 Å². The van der Waals surface area contributed by atoms with Gasteiger partial charge in [-0.3, -0.25) is 0 Å². The van der Waals surface area contributed by atoms with Crippen molar-refractivity contribution in [2.75, 3.05) is 11.9 Å². The maximum atomic E-state index is 8.85. The quantitative estimate of drug-likeness (QED) is 0.893. The number of hydrogen-bond donors (Lipinski definition) is 1. The summed E-state index contributed by atoms with van der Waals surface area (Å²) in [5.74, 6) is 0.882. The molecule has 0 saturated heterocycles. The lowest BCUT2D eigenvalue weighted by Gasteiger charge is -2.10. The van der Waals surface area contributed by atoms with Crippen molar-refractivity contribution in [3.63, 3.8) is 0 Å². The predicted molar refractivity (Wildman–Crippen MR) is 80.8 cm³/mol. The first-order valence-corrected chi connectivity index (χ1v) is 6.69. The van der Waals surface area contributed by atoms with Gasteiger partial charge in [-0.1, -0.05) is 6.07 Å². The lowest BCUT2D eigenvalue weighted by atomic mass is 10.1. The van der Waals surface area contributed by atoms with E-state index in [9.17, 15) is 0 Å². The second-order valence-corrected chi connectivity index (χ2v) is 4.56. The van der Waals surface area contributed by atoms with Crippen LogP contribution in [-0.2, 0) is 6.54 Å². The van der Waals surface area contributed by atoms with Gasteiger partial charge in [-0.05, 0) is 61.4 Å². The van der Waals surface area contributed by atoms with Gasteiger partial charge in [0.2, 0.25) is 0 Å². The van der Waals surface area contributed by atoms with Crippen molar-refractivity contribution in [3.8, 4) is 11.8 Å². The van der Waals surface area contributed by atoms with E-state index in [1.807, 2.05) is 56.3 Å². The predicted octanol–water partition coefficient (Wildman–Crippen LogP) is 3.88. The molecule has 0 aliphatic carbocycles. The molecule has 0 spiro atoms. The van der Waals surface area contributed by atoms with Crippen molar-refractivity contribution in [2.24, 2.45) is 0 Å². The number of rotatable bonds is 5. The molecular weight excluding hydrogens is 248 g/mol. The normalized spacial score (nSPS) is 9.85. The first kappa shape index (κ1) is 14.0. The SMILES string of the molecule is CCOc1ccc(NCc2ccc(C#N)cc2C)cc1. The van der Waals surface area contributed by atoms with Crippen LogP contribution in [0.25, 0.3) is 0 Å². The minimum absolute atomic E-state index is 0.678. The summed E-state index contributed by atoms with van der Waals surface area (Å²) < 4.78 is 5.41. The van der Waals surface area contributed by atoms with Gasteiger partial charge in [-0.15, -0.1) is 0 Å². The highest BCUT2D eigenvalue weighted by Gasteiger charge is 2.00. The van der Waals surface area contributed by atoms with Gasteiger partial charge in [0.1, 0.15) is 5.75 Å². The average molecular weight is 266 g/mol. The van der Waals surface area contributed by atoms with E-state index in [2.05, 4.69) is 11.4 Å². The van der Waals surface area contributed by atoms with Crippen LogP contribution < -0.4 is 10.1 Å².